The van der Waals surface area contributed by atoms with Crippen molar-refractivity contribution in [1.29, 1.82) is 0 Å². The smallest absolute Gasteiger partial charge is 0.0799 e. The number of aliphatic imine (C=N–C) groups is 1. The maximum atomic E-state index is 4.32. The lowest BCUT2D eigenvalue weighted by Gasteiger charge is -2.09. The predicted molar refractivity (Wildman–Crippen MR) is 50.6 cm³/mol. The Balaban J connectivity index is 2.60. The van der Waals surface area contributed by atoms with E-state index in [1.807, 2.05) is 12.3 Å². The van der Waals surface area contributed by atoms with Crippen LogP contribution < -0.4 is 0 Å². The van der Waals surface area contributed by atoms with E-state index < -0.39 is 0 Å². The summed E-state index contributed by atoms with van der Waals surface area (Å²) in [5, 5.41) is 0. The van der Waals surface area contributed by atoms with Gasteiger partial charge in [-0.2, -0.15) is 0 Å². The summed E-state index contributed by atoms with van der Waals surface area (Å²) < 4.78 is 1.10. The molecule has 0 saturated carbocycles. The number of fused-ring (bicyclic) bond motifs is 1. The summed E-state index contributed by atoms with van der Waals surface area (Å²) >= 11 is 3.47. The van der Waals surface area contributed by atoms with Crippen molar-refractivity contribution in [3.05, 3.63) is 28.2 Å². The number of hydrogen-bond acceptors (Lipinski definition) is 1. The van der Waals surface area contributed by atoms with Crippen LogP contribution in [0.2, 0.25) is 0 Å². The molecule has 0 aliphatic carbocycles. The van der Waals surface area contributed by atoms with Gasteiger partial charge < -0.3 is 0 Å². The highest BCUT2D eigenvalue weighted by molar-refractivity contribution is 9.10. The highest BCUT2D eigenvalue weighted by atomic mass is 79.9. The van der Waals surface area contributed by atoms with Crippen LogP contribution in [0.25, 0.3) is 0 Å². The molecule has 2 rings (SSSR count). The van der Waals surface area contributed by atoms with Gasteiger partial charge in [0.1, 0.15) is 0 Å². The van der Waals surface area contributed by atoms with Crippen molar-refractivity contribution in [3.8, 4) is 0 Å². The third-order valence-electron chi connectivity index (χ3n) is 1.83. The molecule has 11 heavy (non-hydrogen) atoms. The van der Waals surface area contributed by atoms with Crippen LogP contribution in [0.4, 0.5) is 5.69 Å². The van der Waals surface area contributed by atoms with Crippen LogP contribution in [0.5, 0.6) is 0 Å². The first kappa shape index (κ1) is 7.04. The summed E-state index contributed by atoms with van der Waals surface area (Å²) in [5.41, 5.74) is 2.46. The molecule has 0 fully saturated rings. The van der Waals surface area contributed by atoms with Crippen molar-refractivity contribution in [2.24, 2.45) is 4.99 Å². The van der Waals surface area contributed by atoms with Crippen LogP contribution in [-0.4, -0.2) is 6.21 Å². The van der Waals surface area contributed by atoms with Crippen molar-refractivity contribution >= 4 is 27.8 Å². The Morgan fingerprint density at radius 3 is 3.09 bits per heavy atom. The second-order valence-corrected chi connectivity index (χ2v) is 3.45. The molecule has 0 saturated heterocycles. The summed E-state index contributed by atoms with van der Waals surface area (Å²) in [6.45, 7) is 0. The van der Waals surface area contributed by atoms with Crippen LogP contribution in [0.15, 0.2) is 27.7 Å². The Labute approximate surface area is 74.3 Å². The maximum Gasteiger partial charge on any atom is 0.0799 e. The van der Waals surface area contributed by atoms with E-state index in [1.165, 1.54) is 5.56 Å². The Morgan fingerprint density at radius 2 is 2.27 bits per heavy atom. The first-order chi connectivity index (χ1) is 5.38. The van der Waals surface area contributed by atoms with E-state index in [9.17, 15) is 0 Å². The molecule has 1 aromatic carbocycles. The van der Waals surface area contributed by atoms with E-state index in [2.05, 4.69) is 33.1 Å². The first-order valence-electron chi connectivity index (χ1n) is 3.68. The van der Waals surface area contributed by atoms with Gasteiger partial charge in [-0.25, -0.2) is 0 Å². The molecule has 56 valence electrons. The summed E-state index contributed by atoms with van der Waals surface area (Å²) in [6, 6.07) is 6.22. The van der Waals surface area contributed by atoms with Crippen molar-refractivity contribution in [2.45, 2.75) is 12.8 Å². The molecule has 2 heteroatoms. The number of benzene rings is 1. The average molecular weight is 210 g/mol. The van der Waals surface area contributed by atoms with Gasteiger partial charge in [-0.15, -0.1) is 0 Å². The fraction of sp³-hybridized carbons (Fsp3) is 0.222. The van der Waals surface area contributed by atoms with Crippen molar-refractivity contribution in [1.82, 2.24) is 0 Å². The Bertz CT molecular complexity index is 304. The first-order valence-corrected chi connectivity index (χ1v) is 4.47. The third kappa shape index (κ3) is 1.23. The number of para-hydroxylation sites is 1. The molecule has 0 amide bonds. The van der Waals surface area contributed by atoms with Crippen LogP contribution >= 0.6 is 15.9 Å². The topological polar surface area (TPSA) is 12.4 Å². The molecule has 1 aliphatic heterocycles. The summed E-state index contributed by atoms with van der Waals surface area (Å²) in [6.07, 6.45) is 4.18. The van der Waals surface area contributed by atoms with Gasteiger partial charge in [0, 0.05) is 10.7 Å². The molecule has 0 spiro atoms. The van der Waals surface area contributed by atoms with Crippen LogP contribution in [0.1, 0.15) is 12.0 Å². The SMILES string of the molecule is Brc1cccc2c1N=CCC2. The van der Waals surface area contributed by atoms with Gasteiger partial charge in [-0.1, -0.05) is 12.1 Å². The van der Waals surface area contributed by atoms with E-state index in [-0.39, 0.29) is 0 Å². The monoisotopic (exact) mass is 209 g/mol. The zero-order chi connectivity index (χ0) is 7.68. The predicted octanol–water partition coefficient (Wildman–Crippen LogP) is 3.10. The van der Waals surface area contributed by atoms with Gasteiger partial charge in [0.15, 0.2) is 0 Å². The fourth-order valence-corrected chi connectivity index (χ4v) is 1.79. The van der Waals surface area contributed by atoms with E-state index in [4.69, 9.17) is 0 Å². The van der Waals surface area contributed by atoms with Gasteiger partial charge in [0.2, 0.25) is 0 Å². The largest absolute Gasteiger partial charge is 0.260 e. The standard InChI is InChI=1S/C9H8BrN/c10-8-5-1-3-7-4-2-6-11-9(7)8/h1,3,5-6H,2,4H2. The quantitative estimate of drug-likeness (QED) is 0.623. The van der Waals surface area contributed by atoms with Crippen molar-refractivity contribution in [2.75, 3.05) is 0 Å². The van der Waals surface area contributed by atoms with E-state index in [0.717, 1.165) is 23.0 Å². The highest BCUT2D eigenvalue weighted by Crippen LogP contribution is 2.31. The molecule has 1 aliphatic rings. The third-order valence-corrected chi connectivity index (χ3v) is 2.47. The maximum absolute atomic E-state index is 4.32. The molecular formula is C9H8BrN. The normalized spacial score (nSPS) is 14.6. The summed E-state index contributed by atoms with van der Waals surface area (Å²) in [4.78, 5) is 4.32. The molecule has 0 atom stereocenters. The minimum atomic E-state index is 1.07. The Hall–Kier alpha value is -0.630. The second-order valence-electron chi connectivity index (χ2n) is 2.60. The Morgan fingerprint density at radius 1 is 1.36 bits per heavy atom. The minimum Gasteiger partial charge on any atom is -0.260 e. The fourth-order valence-electron chi connectivity index (χ4n) is 1.28. The summed E-state index contributed by atoms with van der Waals surface area (Å²) in [7, 11) is 0. The molecular weight excluding hydrogens is 202 g/mol. The molecule has 0 bridgehead atoms. The van der Waals surface area contributed by atoms with Gasteiger partial charge in [-0.05, 0) is 40.4 Å². The molecule has 0 N–H and O–H groups in total. The van der Waals surface area contributed by atoms with Gasteiger partial charge >= 0.3 is 0 Å². The van der Waals surface area contributed by atoms with Crippen molar-refractivity contribution < 1.29 is 0 Å². The van der Waals surface area contributed by atoms with E-state index >= 15 is 0 Å². The van der Waals surface area contributed by atoms with E-state index in [0.29, 0.717) is 0 Å². The number of aryl methyl sites for hydroxylation is 1. The number of nitrogens with zero attached hydrogens (tertiary/aromatic N) is 1. The Kier molecular flexibility index (Phi) is 1.78. The molecule has 0 radical (unpaired) electrons. The van der Waals surface area contributed by atoms with Crippen molar-refractivity contribution in [3.63, 3.8) is 0 Å². The lowest BCUT2D eigenvalue weighted by molar-refractivity contribution is 1.02. The van der Waals surface area contributed by atoms with Gasteiger partial charge in [0.25, 0.3) is 0 Å². The zero-order valence-electron chi connectivity index (χ0n) is 6.05. The second kappa shape index (κ2) is 2.78. The lowest BCUT2D eigenvalue weighted by Crippen LogP contribution is -1.93. The van der Waals surface area contributed by atoms with Crippen LogP contribution in [0, 0.1) is 0 Å². The van der Waals surface area contributed by atoms with E-state index in [1.54, 1.807) is 0 Å². The van der Waals surface area contributed by atoms with Gasteiger partial charge in [-0.3, -0.25) is 4.99 Å². The number of halogens is 1. The van der Waals surface area contributed by atoms with Crippen LogP contribution in [0.3, 0.4) is 0 Å². The lowest BCUT2D eigenvalue weighted by atomic mass is 10.1. The summed E-state index contributed by atoms with van der Waals surface area (Å²) in [5.74, 6) is 0. The zero-order valence-corrected chi connectivity index (χ0v) is 7.63. The molecule has 1 nitrogen and oxygen atoms in total. The number of rotatable bonds is 0. The van der Waals surface area contributed by atoms with Gasteiger partial charge in [0.05, 0.1) is 5.69 Å². The molecule has 0 aromatic heterocycles. The molecule has 1 aromatic rings. The average Bonchev–Trinajstić information content (AvgIpc) is 2.06. The highest BCUT2D eigenvalue weighted by Gasteiger charge is 2.06. The van der Waals surface area contributed by atoms with Crippen LogP contribution in [-0.2, 0) is 6.42 Å². The molecule has 1 heterocycles. The minimum absolute atomic E-state index is 1.07. The molecule has 0 unspecified atom stereocenters. The number of hydrogen-bond donors (Lipinski definition) is 0.